The quantitative estimate of drug-likeness (QED) is 0.463. The molecule has 0 aliphatic carbocycles. The number of anilines is 1. The number of nitrogens with zero attached hydrogens (tertiary/aromatic N) is 1. The van der Waals surface area contributed by atoms with E-state index in [2.05, 4.69) is 9.71 Å². The molecule has 152 valence electrons. The minimum atomic E-state index is -3.85. The number of rotatable bonds is 5. The van der Waals surface area contributed by atoms with E-state index in [4.69, 9.17) is 4.74 Å². The summed E-state index contributed by atoms with van der Waals surface area (Å²) in [5.41, 5.74) is 1.58. The predicted molar refractivity (Wildman–Crippen MR) is 110 cm³/mol. The zero-order chi connectivity index (χ0) is 21.3. The van der Waals surface area contributed by atoms with Crippen LogP contribution in [0, 0.1) is 18.6 Å². The van der Waals surface area contributed by atoms with Gasteiger partial charge in [0.2, 0.25) is 0 Å². The van der Waals surface area contributed by atoms with Gasteiger partial charge in [-0.2, -0.15) is 0 Å². The van der Waals surface area contributed by atoms with Crippen LogP contribution in [0.3, 0.4) is 0 Å². The van der Waals surface area contributed by atoms with Crippen molar-refractivity contribution in [3.63, 3.8) is 0 Å². The van der Waals surface area contributed by atoms with Crippen molar-refractivity contribution in [2.75, 3.05) is 4.72 Å². The maximum Gasteiger partial charge on any atom is 0.261 e. The SMILES string of the molecule is Cc1ccc(S(=O)(=O)Nc2cc(Oc3cc(F)cc(F)c3)c3ncccc3c2)cc1. The van der Waals surface area contributed by atoms with Crippen molar-refractivity contribution in [3.05, 3.63) is 90.1 Å². The highest BCUT2D eigenvalue weighted by Gasteiger charge is 2.16. The first-order valence-electron chi connectivity index (χ1n) is 8.92. The van der Waals surface area contributed by atoms with E-state index in [0.717, 1.165) is 23.8 Å². The van der Waals surface area contributed by atoms with Crippen LogP contribution in [0.5, 0.6) is 11.5 Å². The molecular weight excluding hydrogens is 410 g/mol. The largest absolute Gasteiger partial charge is 0.455 e. The summed E-state index contributed by atoms with van der Waals surface area (Å²) in [6.45, 7) is 1.86. The summed E-state index contributed by atoms with van der Waals surface area (Å²) in [6.07, 6.45) is 1.54. The number of benzene rings is 3. The van der Waals surface area contributed by atoms with Gasteiger partial charge in [-0.3, -0.25) is 9.71 Å². The number of sulfonamides is 1. The summed E-state index contributed by atoms with van der Waals surface area (Å²) in [7, 11) is -3.85. The normalized spacial score (nSPS) is 11.4. The standard InChI is InChI=1S/C22H16F2N2O3S/c1-14-4-6-20(7-5-14)30(27,28)26-18-9-15-3-2-8-25-22(15)21(13-18)29-19-11-16(23)10-17(24)12-19/h2-13,26H,1H3. The van der Waals surface area contributed by atoms with Crippen LogP contribution in [-0.2, 0) is 10.0 Å². The molecule has 0 saturated heterocycles. The van der Waals surface area contributed by atoms with E-state index in [1.807, 2.05) is 6.92 Å². The highest BCUT2D eigenvalue weighted by molar-refractivity contribution is 7.92. The number of halogens is 2. The number of fused-ring (bicyclic) bond motifs is 1. The zero-order valence-corrected chi connectivity index (χ0v) is 16.6. The van der Waals surface area contributed by atoms with Gasteiger partial charge in [0.1, 0.15) is 22.9 Å². The number of aryl methyl sites for hydroxylation is 1. The van der Waals surface area contributed by atoms with E-state index < -0.39 is 21.7 Å². The summed E-state index contributed by atoms with van der Waals surface area (Å²) in [4.78, 5) is 4.34. The Bertz CT molecular complexity index is 1320. The van der Waals surface area contributed by atoms with Crippen molar-refractivity contribution in [1.82, 2.24) is 4.98 Å². The fourth-order valence-corrected chi connectivity index (χ4v) is 3.98. The second-order valence-electron chi connectivity index (χ2n) is 6.68. The van der Waals surface area contributed by atoms with Crippen molar-refractivity contribution < 1.29 is 21.9 Å². The molecule has 0 unspecified atom stereocenters. The van der Waals surface area contributed by atoms with Gasteiger partial charge in [0.15, 0.2) is 5.75 Å². The lowest BCUT2D eigenvalue weighted by molar-refractivity contribution is 0.472. The first kappa shape index (κ1) is 19.8. The molecule has 4 rings (SSSR count). The van der Waals surface area contributed by atoms with Crippen molar-refractivity contribution in [1.29, 1.82) is 0 Å². The maximum atomic E-state index is 13.5. The first-order chi connectivity index (χ1) is 14.3. The highest BCUT2D eigenvalue weighted by Crippen LogP contribution is 2.33. The molecule has 1 N–H and O–H groups in total. The first-order valence-corrected chi connectivity index (χ1v) is 10.4. The Morgan fingerprint density at radius 1 is 0.933 bits per heavy atom. The number of nitrogens with one attached hydrogen (secondary N) is 1. The molecule has 4 aromatic rings. The average Bonchev–Trinajstić information content (AvgIpc) is 2.67. The monoisotopic (exact) mass is 426 g/mol. The van der Waals surface area contributed by atoms with Crippen LogP contribution in [0.15, 0.2) is 77.8 Å². The third-order valence-corrected chi connectivity index (χ3v) is 5.71. The second kappa shape index (κ2) is 7.72. The van der Waals surface area contributed by atoms with Crippen LogP contribution in [0.4, 0.5) is 14.5 Å². The van der Waals surface area contributed by atoms with Gasteiger partial charge in [-0.1, -0.05) is 23.8 Å². The lowest BCUT2D eigenvalue weighted by Crippen LogP contribution is -2.13. The van der Waals surface area contributed by atoms with Crippen LogP contribution in [0.1, 0.15) is 5.56 Å². The lowest BCUT2D eigenvalue weighted by atomic mass is 10.2. The van der Waals surface area contributed by atoms with Gasteiger partial charge in [0, 0.05) is 35.8 Å². The Labute approximate surface area is 172 Å². The summed E-state index contributed by atoms with van der Waals surface area (Å²) in [5, 5.41) is 0.591. The lowest BCUT2D eigenvalue weighted by Gasteiger charge is -2.13. The van der Waals surface area contributed by atoms with Crippen molar-refractivity contribution >= 4 is 26.6 Å². The van der Waals surface area contributed by atoms with Crippen LogP contribution in [0.2, 0.25) is 0 Å². The van der Waals surface area contributed by atoms with Gasteiger partial charge in [0.25, 0.3) is 10.0 Å². The van der Waals surface area contributed by atoms with Gasteiger partial charge >= 0.3 is 0 Å². The van der Waals surface area contributed by atoms with Crippen LogP contribution in [0.25, 0.3) is 10.9 Å². The highest BCUT2D eigenvalue weighted by atomic mass is 32.2. The molecule has 0 saturated carbocycles. The molecule has 8 heteroatoms. The molecule has 0 fully saturated rings. The van der Waals surface area contributed by atoms with E-state index in [-0.39, 0.29) is 22.1 Å². The third-order valence-electron chi connectivity index (χ3n) is 4.32. The third kappa shape index (κ3) is 4.23. The summed E-state index contributed by atoms with van der Waals surface area (Å²) >= 11 is 0. The molecule has 0 aliphatic rings. The minimum Gasteiger partial charge on any atom is -0.455 e. The van der Waals surface area contributed by atoms with Crippen LogP contribution >= 0.6 is 0 Å². The smallest absolute Gasteiger partial charge is 0.261 e. The van der Waals surface area contributed by atoms with Crippen LogP contribution in [-0.4, -0.2) is 13.4 Å². The number of aromatic nitrogens is 1. The minimum absolute atomic E-state index is 0.0713. The number of hydrogen-bond donors (Lipinski definition) is 1. The Balaban J connectivity index is 1.75. The molecule has 0 aliphatic heterocycles. The summed E-state index contributed by atoms with van der Waals surface area (Å²) in [6, 6.07) is 15.6. The van der Waals surface area contributed by atoms with E-state index in [1.54, 1.807) is 30.3 Å². The Hall–Kier alpha value is -3.52. The van der Waals surface area contributed by atoms with Gasteiger partial charge in [0.05, 0.1) is 10.6 Å². The van der Waals surface area contributed by atoms with Gasteiger partial charge in [-0.05, 0) is 31.2 Å². The van der Waals surface area contributed by atoms with Crippen LogP contribution < -0.4 is 9.46 Å². The molecule has 0 spiro atoms. The molecule has 0 atom stereocenters. The van der Waals surface area contributed by atoms with Crippen molar-refractivity contribution in [2.24, 2.45) is 0 Å². The molecule has 0 amide bonds. The fourth-order valence-electron chi connectivity index (χ4n) is 2.94. The molecule has 3 aromatic carbocycles. The molecule has 30 heavy (non-hydrogen) atoms. The van der Waals surface area contributed by atoms with Gasteiger partial charge < -0.3 is 4.74 Å². The van der Waals surface area contributed by atoms with Gasteiger partial charge in [-0.15, -0.1) is 0 Å². The average molecular weight is 426 g/mol. The molecule has 0 radical (unpaired) electrons. The topological polar surface area (TPSA) is 68.3 Å². The van der Waals surface area contributed by atoms with Gasteiger partial charge in [-0.25, -0.2) is 17.2 Å². The van der Waals surface area contributed by atoms with Crippen molar-refractivity contribution in [2.45, 2.75) is 11.8 Å². The Morgan fingerprint density at radius 2 is 1.63 bits per heavy atom. The van der Waals surface area contributed by atoms with E-state index in [1.165, 1.54) is 24.4 Å². The molecule has 5 nitrogen and oxygen atoms in total. The summed E-state index contributed by atoms with van der Waals surface area (Å²) < 4.78 is 60.7. The predicted octanol–water partition coefficient (Wildman–Crippen LogP) is 5.41. The molecule has 1 heterocycles. The van der Waals surface area contributed by atoms with E-state index >= 15 is 0 Å². The molecule has 1 aromatic heterocycles. The number of pyridine rings is 1. The van der Waals surface area contributed by atoms with Crippen molar-refractivity contribution in [3.8, 4) is 11.5 Å². The molecule has 0 bridgehead atoms. The Kier molecular flexibility index (Phi) is 5.09. The molecular formula is C22H16F2N2O3S. The van der Waals surface area contributed by atoms with E-state index in [0.29, 0.717) is 10.9 Å². The fraction of sp³-hybridized carbons (Fsp3) is 0.0455. The summed E-state index contributed by atoms with van der Waals surface area (Å²) in [5.74, 6) is -1.50. The zero-order valence-electron chi connectivity index (χ0n) is 15.8. The second-order valence-corrected chi connectivity index (χ2v) is 8.36. The number of ether oxygens (including phenoxy) is 1. The maximum absolute atomic E-state index is 13.5. The van der Waals surface area contributed by atoms with E-state index in [9.17, 15) is 17.2 Å². The Morgan fingerprint density at radius 3 is 2.33 bits per heavy atom. The number of hydrogen-bond acceptors (Lipinski definition) is 4.